The normalized spacial score (nSPS) is 20.3. The molecule has 3 aromatic rings. The van der Waals surface area contributed by atoms with E-state index in [-0.39, 0.29) is 23.5 Å². The van der Waals surface area contributed by atoms with Crippen molar-refractivity contribution in [3.8, 4) is 5.75 Å². The molecular formula is C25H30N4O3S. The van der Waals surface area contributed by atoms with Crippen LogP contribution in [-0.2, 0) is 30.0 Å². The summed E-state index contributed by atoms with van der Waals surface area (Å²) in [4.78, 5) is 3.96. The first-order chi connectivity index (χ1) is 16.0. The largest absolute Gasteiger partial charge is 0.492 e. The van der Waals surface area contributed by atoms with Crippen molar-refractivity contribution in [3.05, 3.63) is 77.7 Å². The molecule has 2 aliphatic rings. The third-order valence-corrected chi connectivity index (χ3v) is 7.75. The molecule has 8 heteroatoms. The second-order valence-corrected chi connectivity index (χ2v) is 10.9. The topological polar surface area (TPSA) is 85.2 Å². The third-order valence-electron chi connectivity index (χ3n) is 6.46. The summed E-state index contributed by atoms with van der Waals surface area (Å²) in [6, 6.07) is 16.7. The summed E-state index contributed by atoms with van der Waals surface area (Å²) in [7, 11) is -1.92. The number of hydrogen-bond acceptors (Lipinski definition) is 5. The molecule has 1 aromatic heterocycles. The van der Waals surface area contributed by atoms with E-state index in [9.17, 15) is 8.42 Å². The Morgan fingerprint density at radius 3 is 2.67 bits per heavy atom. The van der Waals surface area contributed by atoms with Gasteiger partial charge >= 0.3 is 0 Å². The molecule has 2 atom stereocenters. The van der Waals surface area contributed by atoms with Gasteiger partial charge in [-0.3, -0.25) is 0 Å². The number of benzene rings is 2. The zero-order valence-corrected chi connectivity index (χ0v) is 19.6. The molecule has 0 radical (unpaired) electrons. The Labute approximate surface area is 195 Å². The van der Waals surface area contributed by atoms with Crippen LogP contribution in [0.4, 0.5) is 0 Å². The molecule has 2 aromatic carbocycles. The van der Waals surface area contributed by atoms with Crippen LogP contribution in [-0.4, -0.2) is 37.2 Å². The summed E-state index contributed by atoms with van der Waals surface area (Å²) < 4.78 is 35.6. The smallest absolute Gasteiger partial charge is 0.259 e. The van der Waals surface area contributed by atoms with Crippen molar-refractivity contribution >= 4 is 10.0 Å². The summed E-state index contributed by atoms with van der Waals surface area (Å²) in [5.74, 6) is 1.93. The maximum atomic E-state index is 12.6. The summed E-state index contributed by atoms with van der Waals surface area (Å²) in [6.45, 7) is 1.87. The number of hydrogen-bond donors (Lipinski definition) is 2. The van der Waals surface area contributed by atoms with Gasteiger partial charge < -0.3 is 14.6 Å². The van der Waals surface area contributed by atoms with Gasteiger partial charge in [0.05, 0.1) is 6.33 Å². The molecule has 33 heavy (non-hydrogen) atoms. The third kappa shape index (κ3) is 5.29. The summed E-state index contributed by atoms with van der Waals surface area (Å²) in [6.07, 6.45) is 6.49. The minimum absolute atomic E-state index is 0.0255. The van der Waals surface area contributed by atoms with Gasteiger partial charge in [0, 0.05) is 31.7 Å². The highest BCUT2D eigenvalue weighted by molar-refractivity contribution is 7.89. The Balaban J connectivity index is 1.37. The lowest BCUT2D eigenvalue weighted by atomic mass is 9.83. The van der Waals surface area contributed by atoms with Crippen molar-refractivity contribution in [2.24, 2.45) is 13.0 Å². The molecule has 5 rings (SSSR count). The summed E-state index contributed by atoms with van der Waals surface area (Å²) in [5.41, 5.74) is 3.32. The number of aromatic nitrogens is 2. The number of rotatable bonds is 9. The SMILES string of the molecule is Cn1cnc(S(=O)(=O)NCc2ccc3c(c2)[C@@H](Cc2ccccc2)[C@@H](NCC2CC2)CO3)c1. The molecular weight excluding hydrogens is 436 g/mol. The maximum Gasteiger partial charge on any atom is 0.259 e. The van der Waals surface area contributed by atoms with Gasteiger partial charge in [-0.25, -0.2) is 18.1 Å². The number of sulfonamides is 1. The monoisotopic (exact) mass is 466 g/mol. The second-order valence-electron chi connectivity index (χ2n) is 9.14. The molecule has 2 heterocycles. The molecule has 174 valence electrons. The second kappa shape index (κ2) is 9.29. The van der Waals surface area contributed by atoms with Crippen molar-refractivity contribution in [1.29, 1.82) is 0 Å². The fourth-order valence-electron chi connectivity index (χ4n) is 4.38. The number of nitrogens with one attached hydrogen (secondary N) is 2. The lowest BCUT2D eigenvalue weighted by molar-refractivity contribution is 0.211. The molecule has 0 spiro atoms. The van der Waals surface area contributed by atoms with Crippen LogP contribution < -0.4 is 14.8 Å². The Bertz CT molecular complexity index is 1210. The van der Waals surface area contributed by atoms with E-state index in [2.05, 4.69) is 45.4 Å². The predicted octanol–water partition coefficient (Wildman–Crippen LogP) is 2.99. The van der Waals surface area contributed by atoms with Gasteiger partial charge in [-0.05, 0) is 54.5 Å². The highest BCUT2D eigenvalue weighted by Crippen LogP contribution is 2.37. The van der Waals surface area contributed by atoms with Crippen LogP contribution in [0.3, 0.4) is 0 Å². The fraction of sp³-hybridized carbons (Fsp3) is 0.400. The number of ether oxygens (including phenoxy) is 1. The van der Waals surface area contributed by atoms with Crippen molar-refractivity contribution < 1.29 is 13.2 Å². The lowest BCUT2D eigenvalue weighted by Gasteiger charge is -2.35. The van der Waals surface area contributed by atoms with Crippen LogP contribution >= 0.6 is 0 Å². The van der Waals surface area contributed by atoms with Crippen LogP contribution in [0.15, 0.2) is 66.1 Å². The summed E-state index contributed by atoms with van der Waals surface area (Å²) >= 11 is 0. The standard InChI is InChI=1S/C25H30N4O3S/c1-29-15-25(27-17-29)33(30,31)28-14-20-9-10-24-22(12-20)21(11-18-5-3-2-4-6-18)23(16-32-24)26-13-19-7-8-19/h2-6,9-10,12,15,17,19,21,23,26,28H,7-8,11,13-14,16H2,1H3/t21-,23+/m1/s1. The molecule has 0 bridgehead atoms. The zero-order valence-electron chi connectivity index (χ0n) is 18.8. The quantitative estimate of drug-likeness (QED) is 0.506. The Hall–Kier alpha value is -2.68. The number of nitrogens with zero attached hydrogens (tertiary/aromatic N) is 2. The maximum absolute atomic E-state index is 12.6. The molecule has 0 saturated heterocycles. The van der Waals surface area contributed by atoms with Crippen molar-refractivity contribution in [2.75, 3.05) is 13.2 Å². The lowest BCUT2D eigenvalue weighted by Crippen LogP contribution is -2.44. The van der Waals surface area contributed by atoms with Crippen LogP contribution in [0, 0.1) is 5.92 Å². The van der Waals surface area contributed by atoms with E-state index in [0.717, 1.165) is 35.8 Å². The van der Waals surface area contributed by atoms with Crippen molar-refractivity contribution in [3.63, 3.8) is 0 Å². The molecule has 2 N–H and O–H groups in total. The molecule has 0 unspecified atom stereocenters. The Morgan fingerprint density at radius 1 is 1.12 bits per heavy atom. The number of aryl methyl sites for hydroxylation is 1. The molecule has 1 saturated carbocycles. The fourth-order valence-corrected chi connectivity index (χ4v) is 5.38. The van der Waals surface area contributed by atoms with Gasteiger partial charge in [-0.15, -0.1) is 0 Å². The Morgan fingerprint density at radius 2 is 1.94 bits per heavy atom. The average molecular weight is 467 g/mol. The van der Waals surface area contributed by atoms with Crippen molar-refractivity contribution in [1.82, 2.24) is 19.6 Å². The average Bonchev–Trinajstić information content (AvgIpc) is 3.55. The molecule has 1 fully saturated rings. The molecule has 7 nitrogen and oxygen atoms in total. The highest BCUT2D eigenvalue weighted by Gasteiger charge is 2.33. The summed E-state index contributed by atoms with van der Waals surface area (Å²) in [5, 5.41) is 3.77. The zero-order chi connectivity index (χ0) is 22.8. The van der Waals surface area contributed by atoms with Crippen LogP contribution in [0.25, 0.3) is 0 Å². The van der Waals surface area contributed by atoms with E-state index in [1.54, 1.807) is 11.6 Å². The molecule has 1 aliphatic heterocycles. The first-order valence-corrected chi connectivity index (χ1v) is 13.0. The van der Waals surface area contributed by atoms with E-state index in [0.29, 0.717) is 6.61 Å². The Kier molecular flexibility index (Phi) is 6.23. The predicted molar refractivity (Wildman–Crippen MR) is 127 cm³/mol. The minimum atomic E-state index is -3.67. The van der Waals surface area contributed by atoms with Crippen LogP contribution in [0.5, 0.6) is 5.75 Å². The van der Waals surface area contributed by atoms with E-state index < -0.39 is 10.0 Å². The van der Waals surface area contributed by atoms with E-state index in [1.165, 1.54) is 30.9 Å². The number of fused-ring (bicyclic) bond motifs is 1. The number of imidazole rings is 1. The molecule has 0 amide bonds. The first kappa shape index (κ1) is 22.1. The van der Waals surface area contributed by atoms with Gasteiger partial charge in [-0.2, -0.15) is 0 Å². The van der Waals surface area contributed by atoms with E-state index >= 15 is 0 Å². The van der Waals surface area contributed by atoms with Gasteiger partial charge in [0.2, 0.25) is 0 Å². The molecule has 1 aliphatic carbocycles. The van der Waals surface area contributed by atoms with Crippen LogP contribution in [0.2, 0.25) is 0 Å². The van der Waals surface area contributed by atoms with Gasteiger partial charge in [0.25, 0.3) is 10.0 Å². The van der Waals surface area contributed by atoms with E-state index in [4.69, 9.17) is 4.74 Å². The first-order valence-electron chi connectivity index (χ1n) is 11.5. The minimum Gasteiger partial charge on any atom is -0.492 e. The van der Waals surface area contributed by atoms with Crippen LogP contribution in [0.1, 0.15) is 35.4 Å². The highest BCUT2D eigenvalue weighted by atomic mass is 32.2. The van der Waals surface area contributed by atoms with E-state index in [1.807, 2.05) is 18.2 Å². The van der Waals surface area contributed by atoms with Gasteiger partial charge in [0.15, 0.2) is 5.03 Å². The van der Waals surface area contributed by atoms with Crippen molar-refractivity contribution in [2.45, 2.75) is 42.8 Å². The van der Waals surface area contributed by atoms with Gasteiger partial charge in [0.1, 0.15) is 12.4 Å². The van der Waals surface area contributed by atoms with Gasteiger partial charge in [-0.1, -0.05) is 42.5 Å².